The molecule has 234 valence electrons. The van der Waals surface area contributed by atoms with Gasteiger partial charge in [-0.25, -0.2) is 4.79 Å². The Labute approximate surface area is 248 Å². The fourth-order valence-electron chi connectivity index (χ4n) is 4.14. The predicted molar refractivity (Wildman–Crippen MR) is 155 cm³/mol. The summed E-state index contributed by atoms with van der Waals surface area (Å²) in [6.45, 7) is 0.417. The second-order valence-corrected chi connectivity index (χ2v) is 10.1. The summed E-state index contributed by atoms with van der Waals surface area (Å²) in [4.78, 5) is 62.6. The molecule has 0 fully saturated rings. The van der Waals surface area contributed by atoms with Crippen LogP contribution in [0.3, 0.4) is 0 Å². The molecule has 4 unspecified atom stereocenters. The number of nitrogens with one attached hydrogen (secondary N) is 3. The third kappa shape index (κ3) is 12.4. The second-order valence-electron chi connectivity index (χ2n) is 10.1. The molecule has 0 aromatic heterocycles. The lowest BCUT2D eigenvalue weighted by Gasteiger charge is -2.25. The predicted octanol–water partition coefficient (Wildman–Crippen LogP) is -0.257. The summed E-state index contributed by atoms with van der Waals surface area (Å²) in [6.07, 6.45) is 0.489. The minimum absolute atomic E-state index is 0.0163. The van der Waals surface area contributed by atoms with E-state index in [-0.39, 0.29) is 30.8 Å². The SMILES string of the molecule is NCCCCC(N)C(=O)NC(CCC(=O)O)C(=O)NC(Cc1ccc(O)cc1)C(=O)NC(Cc1ccc(O)cc1)C(=O)O. The molecule has 14 nitrogen and oxygen atoms in total. The van der Waals surface area contributed by atoms with Crippen LogP contribution in [0.4, 0.5) is 0 Å². The van der Waals surface area contributed by atoms with E-state index in [4.69, 9.17) is 11.5 Å². The number of carboxylic acid groups (broad SMARTS) is 2. The summed E-state index contributed by atoms with van der Waals surface area (Å²) in [5.41, 5.74) is 12.4. The number of aromatic hydroxyl groups is 2. The lowest BCUT2D eigenvalue weighted by atomic mass is 10.0. The highest BCUT2D eigenvalue weighted by Crippen LogP contribution is 2.14. The standard InChI is InChI=1S/C29H39N5O9/c30-14-2-1-3-21(31)26(39)32-22(12-13-25(37)38)27(40)33-23(15-17-4-8-19(35)9-5-17)28(41)34-24(29(42)43)16-18-6-10-20(36)11-7-18/h4-11,21-24,35-36H,1-3,12-16,30-31H2,(H,32,39)(H,33,40)(H,34,41)(H,37,38)(H,42,43). The van der Waals surface area contributed by atoms with Gasteiger partial charge in [-0.2, -0.15) is 0 Å². The Hall–Kier alpha value is -4.69. The number of phenolic OH excluding ortho intramolecular Hbond substituents is 2. The van der Waals surface area contributed by atoms with Gasteiger partial charge in [-0.3, -0.25) is 19.2 Å². The van der Waals surface area contributed by atoms with Gasteiger partial charge in [-0.1, -0.05) is 30.7 Å². The van der Waals surface area contributed by atoms with Crippen LogP contribution in [-0.4, -0.2) is 80.8 Å². The van der Waals surface area contributed by atoms with Crippen molar-refractivity contribution < 1.29 is 44.4 Å². The average Bonchev–Trinajstić information content (AvgIpc) is 2.96. The second kappa shape index (κ2) is 17.3. The fraction of sp³-hybridized carbons (Fsp3) is 0.414. The Balaban J connectivity index is 2.26. The maximum Gasteiger partial charge on any atom is 0.326 e. The van der Waals surface area contributed by atoms with Gasteiger partial charge in [0.25, 0.3) is 0 Å². The van der Waals surface area contributed by atoms with Crippen LogP contribution in [0.25, 0.3) is 0 Å². The van der Waals surface area contributed by atoms with Crippen molar-refractivity contribution >= 4 is 29.7 Å². The van der Waals surface area contributed by atoms with Crippen molar-refractivity contribution in [2.75, 3.05) is 6.54 Å². The van der Waals surface area contributed by atoms with E-state index in [1.807, 2.05) is 0 Å². The highest BCUT2D eigenvalue weighted by molar-refractivity contribution is 5.94. The first-order valence-corrected chi connectivity index (χ1v) is 13.8. The van der Waals surface area contributed by atoms with Gasteiger partial charge in [0.05, 0.1) is 6.04 Å². The van der Waals surface area contributed by atoms with E-state index in [2.05, 4.69) is 16.0 Å². The summed E-state index contributed by atoms with van der Waals surface area (Å²) in [6, 6.07) is 6.45. The lowest BCUT2D eigenvalue weighted by molar-refractivity contribution is -0.142. The minimum atomic E-state index is -1.40. The monoisotopic (exact) mass is 601 g/mol. The van der Waals surface area contributed by atoms with Crippen LogP contribution in [0.5, 0.6) is 11.5 Å². The maximum atomic E-state index is 13.4. The van der Waals surface area contributed by atoms with E-state index in [9.17, 15) is 44.4 Å². The molecule has 0 heterocycles. The first kappa shape index (κ1) is 34.5. The smallest absolute Gasteiger partial charge is 0.326 e. The molecule has 2 aromatic carbocycles. The van der Waals surface area contributed by atoms with Crippen molar-refractivity contribution in [3.8, 4) is 11.5 Å². The van der Waals surface area contributed by atoms with Crippen molar-refractivity contribution in [2.24, 2.45) is 11.5 Å². The highest BCUT2D eigenvalue weighted by atomic mass is 16.4. The molecule has 2 rings (SSSR count). The third-order valence-corrected chi connectivity index (χ3v) is 6.59. The number of carbonyl (C=O) groups is 5. The summed E-state index contributed by atoms with van der Waals surface area (Å²) < 4.78 is 0. The number of amides is 3. The van der Waals surface area contributed by atoms with Crippen LogP contribution in [0.1, 0.15) is 43.2 Å². The number of phenols is 2. The molecule has 4 atom stereocenters. The number of nitrogens with two attached hydrogens (primary N) is 2. The lowest BCUT2D eigenvalue weighted by Crippen LogP contribution is -2.57. The van der Waals surface area contributed by atoms with E-state index in [1.165, 1.54) is 48.5 Å². The molecule has 14 heteroatoms. The molecule has 0 bridgehead atoms. The molecule has 0 aliphatic heterocycles. The van der Waals surface area contributed by atoms with E-state index >= 15 is 0 Å². The molecule has 0 radical (unpaired) electrons. The average molecular weight is 602 g/mol. The van der Waals surface area contributed by atoms with E-state index < -0.39 is 60.2 Å². The number of rotatable bonds is 18. The van der Waals surface area contributed by atoms with Gasteiger partial charge in [-0.15, -0.1) is 0 Å². The zero-order valence-electron chi connectivity index (χ0n) is 23.6. The number of aliphatic carboxylic acids is 2. The van der Waals surface area contributed by atoms with E-state index in [1.54, 1.807) is 0 Å². The molecular formula is C29H39N5O9. The molecule has 2 aromatic rings. The van der Waals surface area contributed by atoms with Crippen LogP contribution in [0.15, 0.2) is 48.5 Å². The van der Waals surface area contributed by atoms with Gasteiger partial charge in [0.2, 0.25) is 17.7 Å². The highest BCUT2D eigenvalue weighted by Gasteiger charge is 2.31. The van der Waals surface area contributed by atoms with E-state index in [0.717, 1.165) is 0 Å². The maximum absolute atomic E-state index is 13.4. The first-order valence-electron chi connectivity index (χ1n) is 13.8. The van der Waals surface area contributed by atoms with Crippen LogP contribution < -0.4 is 27.4 Å². The van der Waals surface area contributed by atoms with Gasteiger partial charge >= 0.3 is 11.9 Å². The number of hydrogen-bond donors (Lipinski definition) is 9. The van der Waals surface area contributed by atoms with Gasteiger partial charge in [0.1, 0.15) is 29.6 Å². The van der Waals surface area contributed by atoms with Crippen LogP contribution in [0.2, 0.25) is 0 Å². The summed E-state index contributed by atoms with van der Waals surface area (Å²) in [5.74, 6) is -5.00. The summed E-state index contributed by atoms with van der Waals surface area (Å²) in [7, 11) is 0. The van der Waals surface area contributed by atoms with Crippen molar-refractivity contribution in [3.63, 3.8) is 0 Å². The van der Waals surface area contributed by atoms with E-state index in [0.29, 0.717) is 36.9 Å². The normalized spacial score (nSPS) is 13.6. The Kier molecular flexibility index (Phi) is 13.9. The van der Waals surface area contributed by atoms with Gasteiger partial charge in [0, 0.05) is 19.3 Å². The zero-order valence-corrected chi connectivity index (χ0v) is 23.6. The summed E-state index contributed by atoms with van der Waals surface area (Å²) >= 11 is 0. The minimum Gasteiger partial charge on any atom is -0.508 e. The molecule has 11 N–H and O–H groups in total. The quantitative estimate of drug-likeness (QED) is 0.101. The Bertz CT molecular complexity index is 1240. The van der Waals surface area contributed by atoms with Crippen molar-refractivity contribution in [2.45, 2.75) is 69.1 Å². The topological polar surface area (TPSA) is 254 Å². The van der Waals surface area contributed by atoms with Gasteiger partial charge in [0.15, 0.2) is 0 Å². The Morgan fingerprint density at radius 2 is 1.12 bits per heavy atom. The largest absolute Gasteiger partial charge is 0.508 e. The number of carbonyl (C=O) groups excluding carboxylic acids is 3. The van der Waals surface area contributed by atoms with Gasteiger partial charge < -0.3 is 47.8 Å². The number of benzene rings is 2. The number of unbranched alkanes of at least 4 members (excludes halogenated alkanes) is 1. The van der Waals surface area contributed by atoms with Crippen molar-refractivity contribution in [1.82, 2.24) is 16.0 Å². The number of hydrogen-bond acceptors (Lipinski definition) is 9. The van der Waals surface area contributed by atoms with Crippen LogP contribution in [-0.2, 0) is 36.8 Å². The molecule has 3 amide bonds. The molecule has 0 spiro atoms. The Morgan fingerprint density at radius 1 is 0.651 bits per heavy atom. The molecule has 0 aliphatic carbocycles. The summed E-state index contributed by atoms with van der Waals surface area (Å²) in [5, 5.41) is 45.4. The van der Waals surface area contributed by atoms with Gasteiger partial charge in [-0.05, 0) is 61.2 Å². The zero-order chi connectivity index (χ0) is 31.9. The van der Waals surface area contributed by atoms with Crippen molar-refractivity contribution in [3.05, 3.63) is 59.7 Å². The first-order chi connectivity index (χ1) is 20.4. The third-order valence-electron chi connectivity index (χ3n) is 6.59. The fourth-order valence-corrected chi connectivity index (χ4v) is 4.14. The van der Waals surface area contributed by atoms with Crippen molar-refractivity contribution in [1.29, 1.82) is 0 Å². The molecular weight excluding hydrogens is 562 g/mol. The van der Waals surface area contributed by atoms with Crippen LogP contribution >= 0.6 is 0 Å². The molecule has 0 aliphatic rings. The number of carboxylic acids is 2. The van der Waals surface area contributed by atoms with Crippen LogP contribution in [0, 0.1) is 0 Å². The Morgan fingerprint density at radius 3 is 1.60 bits per heavy atom. The molecule has 0 saturated heterocycles. The molecule has 0 saturated carbocycles. The molecule has 43 heavy (non-hydrogen) atoms.